The standard InChI is InChI=1S/C18H24N4OS/c1-13-15(3)24-18(19-13)20-17(23)14(2)21-9-11-22(12-10-21)16-7-5-4-6-8-16/h4-8,14H,9-12H2,1-3H3,(H,19,20,23)/t14-/m1/s1. The van der Waals surface area contributed by atoms with E-state index in [0.29, 0.717) is 5.13 Å². The van der Waals surface area contributed by atoms with Crippen molar-refractivity contribution in [3.05, 3.63) is 40.9 Å². The van der Waals surface area contributed by atoms with Crippen molar-refractivity contribution in [2.45, 2.75) is 26.8 Å². The number of piperazine rings is 1. The summed E-state index contributed by atoms with van der Waals surface area (Å²) in [4.78, 5) is 22.6. The Balaban J connectivity index is 1.54. The lowest BCUT2D eigenvalue weighted by Crippen LogP contribution is -2.52. The van der Waals surface area contributed by atoms with E-state index in [1.165, 1.54) is 17.0 Å². The maximum Gasteiger partial charge on any atom is 0.243 e. The number of para-hydroxylation sites is 1. The van der Waals surface area contributed by atoms with E-state index in [2.05, 4.69) is 44.4 Å². The smallest absolute Gasteiger partial charge is 0.243 e. The number of nitrogens with one attached hydrogen (secondary N) is 1. The van der Waals surface area contributed by atoms with Crippen molar-refractivity contribution < 1.29 is 4.79 Å². The second-order valence-electron chi connectivity index (χ2n) is 6.18. The third-order valence-corrected chi connectivity index (χ3v) is 5.61. The minimum Gasteiger partial charge on any atom is -0.369 e. The number of hydrogen-bond acceptors (Lipinski definition) is 5. The van der Waals surface area contributed by atoms with Crippen molar-refractivity contribution in [2.24, 2.45) is 0 Å². The Labute approximate surface area is 147 Å². The van der Waals surface area contributed by atoms with Crippen molar-refractivity contribution in [3.8, 4) is 0 Å². The molecule has 5 nitrogen and oxygen atoms in total. The van der Waals surface area contributed by atoms with E-state index in [1.54, 1.807) is 0 Å². The number of aryl methyl sites for hydroxylation is 2. The molecule has 1 amide bonds. The van der Waals surface area contributed by atoms with Gasteiger partial charge in [0, 0.05) is 36.7 Å². The number of benzene rings is 1. The molecular weight excluding hydrogens is 320 g/mol. The van der Waals surface area contributed by atoms with Crippen LogP contribution < -0.4 is 10.2 Å². The van der Waals surface area contributed by atoms with E-state index in [-0.39, 0.29) is 11.9 Å². The zero-order chi connectivity index (χ0) is 17.1. The van der Waals surface area contributed by atoms with Gasteiger partial charge in [-0.25, -0.2) is 4.98 Å². The van der Waals surface area contributed by atoms with Gasteiger partial charge >= 0.3 is 0 Å². The highest BCUT2D eigenvalue weighted by atomic mass is 32.1. The summed E-state index contributed by atoms with van der Waals surface area (Å²) in [6.45, 7) is 9.62. The van der Waals surface area contributed by atoms with Gasteiger partial charge in [0.05, 0.1) is 11.7 Å². The Hall–Kier alpha value is -1.92. The summed E-state index contributed by atoms with van der Waals surface area (Å²) >= 11 is 1.53. The first-order valence-electron chi connectivity index (χ1n) is 8.33. The Kier molecular flexibility index (Phi) is 5.16. The molecule has 1 fully saturated rings. The first kappa shape index (κ1) is 16.9. The highest BCUT2D eigenvalue weighted by molar-refractivity contribution is 7.15. The summed E-state index contributed by atoms with van der Waals surface area (Å²) in [5.41, 5.74) is 2.24. The average molecular weight is 344 g/mol. The number of amides is 1. The minimum atomic E-state index is -0.146. The zero-order valence-corrected chi connectivity index (χ0v) is 15.3. The van der Waals surface area contributed by atoms with Crippen LogP contribution in [0.25, 0.3) is 0 Å². The van der Waals surface area contributed by atoms with Gasteiger partial charge in [-0.15, -0.1) is 11.3 Å². The number of carbonyl (C=O) groups excluding carboxylic acids is 1. The van der Waals surface area contributed by atoms with Crippen molar-refractivity contribution in [1.29, 1.82) is 0 Å². The largest absolute Gasteiger partial charge is 0.369 e. The van der Waals surface area contributed by atoms with Crippen LogP contribution >= 0.6 is 11.3 Å². The summed E-state index contributed by atoms with van der Waals surface area (Å²) in [5, 5.41) is 3.66. The molecule has 24 heavy (non-hydrogen) atoms. The molecule has 1 atom stereocenters. The number of rotatable bonds is 4. The Morgan fingerprint density at radius 3 is 2.42 bits per heavy atom. The van der Waals surface area contributed by atoms with E-state index in [0.717, 1.165) is 36.8 Å². The zero-order valence-electron chi connectivity index (χ0n) is 14.5. The van der Waals surface area contributed by atoms with Gasteiger partial charge in [0.1, 0.15) is 0 Å². The molecule has 0 aliphatic carbocycles. The molecule has 1 aromatic carbocycles. The highest BCUT2D eigenvalue weighted by Crippen LogP contribution is 2.22. The van der Waals surface area contributed by atoms with Gasteiger partial charge in [0.15, 0.2) is 5.13 Å². The third-order valence-electron chi connectivity index (χ3n) is 4.62. The molecule has 2 heterocycles. The van der Waals surface area contributed by atoms with Gasteiger partial charge in [-0.05, 0) is 32.9 Å². The summed E-state index contributed by atoms with van der Waals surface area (Å²) in [7, 11) is 0. The lowest BCUT2D eigenvalue weighted by Gasteiger charge is -2.38. The predicted molar refractivity (Wildman–Crippen MR) is 99.9 cm³/mol. The number of anilines is 2. The summed E-state index contributed by atoms with van der Waals surface area (Å²) in [6, 6.07) is 10.3. The maximum atomic E-state index is 12.5. The molecule has 1 saturated heterocycles. The minimum absolute atomic E-state index is 0.0249. The van der Waals surface area contributed by atoms with E-state index >= 15 is 0 Å². The van der Waals surface area contributed by atoms with Gasteiger partial charge in [0.2, 0.25) is 5.91 Å². The quantitative estimate of drug-likeness (QED) is 0.926. The first-order valence-corrected chi connectivity index (χ1v) is 9.15. The first-order chi connectivity index (χ1) is 11.5. The molecule has 6 heteroatoms. The van der Waals surface area contributed by atoms with Crippen molar-refractivity contribution in [2.75, 3.05) is 36.4 Å². The lowest BCUT2D eigenvalue weighted by atomic mass is 10.2. The summed E-state index contributed by atoms with van der Waals surface area (Å²) < 4.78 is 0. The molecule has 2 aromatic rings. The second-order valence-corrected chi connectivity index (χ2v) is 7.39. The molecule has 1 aliphatic heterocycles. The Morgan fingerprint density at radius 2 is 1.83 bits per heavy atom. The topological polar surface area (TPSA) is 48.5 Å². The van der Waals surface area contributed by atoms with Crippen molar-refractivity contribution >= 4 is 28.1 Å². The average Bonchev–Trinajstić information content (AvgIpc) is 2.92. The number of carbonyl (C=O) groups is 1. The predicted octanol–water partition coefficient (Wildman–Crippen LogP) is 2.91. The molecule has 1 aromatic heterocycles. The van der Waals surface area contributed by atoms with Crippen LogP contribution in [0.4, 0.5) is 10.8 Å². The van der Waals surface area contributed by atoms with Crippen molar-refractivity contribution in [1.82, 2.24) is 9.88 Å². The number of hydrogen-bond donors (Lipinski definition) is 1. The Bertz CT molecular complexity index is 673. The lowest BCUT2D eigenvalue weighted by molar-refractivity contribution is -0.120. The maximum absolute atomic E-state index is 12.5. The summed E-state index contributed by atoms with van der Waals surface area (Å²) in [6.07, 6.45) is 0. The van der Waals surface area contributed by atoms with Gasteiger partial charge < -0.3 is 10.2 Å². The molecule has 0 spiro atoms. The van der Waals surface area contributed by atoms with E-state index in [4.69, 9.17) is 0 Å². The van der Waals surface area contributed by atoms with Gasteiger partial charge in [-0.3, -0.25) is 9.69 Å². The normalized spacial score (nSPS) is 16.9. The number of nitrogens with zero attached hydrogens (tertiary/aromatic N) is 3. The molecule has 0 bridgehead atoms. The van der Waals surface area contributed by atoms with Crippen LogP contribution in [0.2, 0.25) is 0 Å². The van der Waals surface area contributed by atoms with Crippen LogP contribution in [0, 0.1) is 13.8 Å². The van der Waals surface area contributed by atoms with E-state index in [1.807, 2.05) is 26.8 Å². The van der Waals surface area contributed by atoms with Crippen molar-refractivity contribution in [3.63, 3.8) is 0 Å². The molecule has 3 rings (SSSR count). The number of aromatic nitrogens is 1. The van der Waals surface area contributed by atoms with Crippen LogP contribution in [0.15, 0.2) is 30.3 Å². The molecule has 0 radical (unpaired) electrons. The second kappa shape index (κ2) is 7.32. The molecular formula is C18H24N4OS. The molecule has 0 unspecified atom stereocenters. The fourth-order valence-electron chi connectivity index (χ4n) is 2.91. The summed E-state index contributed by atoms with van der Waals surface area (Å²) in [5.74, 6) is 0.0249. The van der Waals surface area contributed by atoms with Crippen LogP contribution in [-0.2, 0) is 4.79 Å². The van der Waals surface area contributed by atoms with Crippen LogP contribution in [0.3, 0.4) is 0 Å². The SMILES string of the molecule is Cc1nc(NC(=O)[C@@H](C)N2CCN(c3ccccc3)CC2)sc1C. The Morgan fingerprint density at radius 1 is 1.17 bits per heavy atom. The number of thiazole rings is 1. The van der Waals surface area contributed by atoms with E-state index < -0.39 is 0 Å². The monoisotopic (exact) mass is 344 g/mol. The van der Waals surface area contributed by atoms with E-state index in [9.17, 15) is 4.79 Å². The fraction of sp³-hybridized carbons (Fsp3) is 0.444. The van der Waals surface area contributed by atoms with Gasteiger partial charge in [0.25, 0.3) is 0 Å². The van der Waals surface area contributed by atoms with Crippen LogP contribution in [0.5, 0.6) is 0 Å². The molecule has 1 N–H and O–H groups in total. The van der Waals surface area contributed by atoms with Crippen LogP contribution in [0.1, 0.15) is 17.5 Å². The van der Waals surface area contributed by atoms with Crippen LogP contribution in [-0.4, -0.2) is 48.0 Å². The van der Waals surface area contributed by atoms with Gasteiger partial charge in [-0.2, -0.15) is 0 Å². The highest BCUT2D eigenvalue weighted by Gasteiger charge is 2.26. The molecule has 1 aliphatic rings. The molecule has 128 valence electrons. The molecule has 0 saturated carbocycles. The fourth-order valence-corrected chi connectivity index (χ4v) is 3.73. The van der Waals surface area contributed by atoms with Gasteiger partial charge in [-0.1, -0.05) is 18.2 Å². The third kappa shape index (κ3) is 3.76.